The van der Waals surface area contributed by atoms with Crippen LogP contribution in [0.15, 0.2) is 28.7 Å². The van der Waals surface area contributed by atoms with Gasteiger partial charge in [-0.3, -0.25) is 4.79 Å². The summed E-state index contributed by atoms with van der Waals surface area (Å²) in [6, 6.07) is 9.21. The standard InChI is InChI=1S/C16H23BrN2O2/c1-12(13-3-5-14(17)6-4-13)18-15-7-9-19(10-8-15)16(20)11-21-2/h3-6,12,15,18H,7-11H2,1-2H3. The van der Waals surface area contributed by atoms with Crippen molar-refractivity contribution in [3.8, 4) is 0 Å². The van der Waals surface area contributed by atoms with E-state index in [4.69, 9.17) is 4.74 Å². The van der Waals surface area contributed by atoms with E-state index in [0.717, 1.165) is 30.4 Å². The molecule has 1 atom stereocenters. The number of methoxy groups -OCH3 is 1. The number of rotatable bonds is 5. The lowest BCUT2D eigenvalue weighted by atomic mass is 10.0. The van der Waals surface area contributed by atoms with Gasteiger partial charge in [-0.1, -0.05) is 28.1 Å². The molecular formula is C16H23BrN2O2. The lowest BCUT2D eigenvalue weighted by Gasteiger charge is -2.34. The Morgan fingerprint density at radius 2 is 2.00 bits per heavy atom. The summed E-state index contributed by atoms with van der Waals surface area (Å²) < 4.78 is 6.01. The van der Waals surface area contributed by atoms with E-state index in [9.17, 15) is 4.79 Å². The quantitative estimate of drug-likeness (QED) is 0.883. The smallest absolute Gasteiger partial charge is 0.248 e. The fraction of sp³-hybridized carbons (Fsp3) is 0.562. The molecule has 1 amide bonds. The van der Waals surface area contributed by atoms with Crippen molar-refractivity contribution in [1.29, 1.82) is 0 Å². The molecule has 2 rings (SSSR count). The van der Waals surface area contributed by atoms with Crippen molar-refractivity contribution in [2.45, 2.75) is 31.8 Å². The molecule has 1 saturated heterocycles. The number of piperidine rings is 1. The third-order valence-electron chi connectivity index (χ3n) is 3.97. The van der Waals surface area contributed by atoms with Gasteiger partial charge >= 0.3 is 0 Å². The molecule has 0 aliphatic carbocycles. The minimum absolute atomic E-state index is 0.0944. The third kappa shape index (κ3) is 4.80. The van der Waals surface area contributed by atoms with Crippen molar-refractivity contribution in [2.24, 2.45) is 0 Å². The van der Waals surface area contributed by atoms with Gasteiger partial charge in [0.05, 0.1) is 0 Å². The highest BCUT2D eigenvalue weighted by Crippen LogP contribution is 2.19. The second kappa shape index (κ2) is 7.92. The Bertz CT molecular complexity index is 456. The second-order valence-corrected chi connectivity index (χ2v) is 6.44. The number of carbonyl (C=O) groups is 1. The van der Waals surface area contributed by atoms with Gasteiger partial charge in [-0.15, -0.1) is 0 Å². The zero-order valence-electron chi connectivity index (χ0n) is 12.6. The molecule has 1 N–H and O–H groups in total. The number of amides is 1. The molecule has 1 fully saturated rings. The number of nitrogens with one attached hydrogen (secondary N) is 1. The van der Waals surface area contributed by atoms with Crippen molar-refractivity contribution in [2.75, 3.05) is 26.8 Å². The van der Waals surface area contributed by atoms with Crippen molar-refractivity contribution < 1.29 is 9.53 Å². The molecule has 21 heavy (non-hydrogen) atoms. The minimum Gasteiger partial charge on any atom is -0.375 e. The predicted octanol–water partition coefficient (Wildman–Crippen LogP) is 2.74. The van der Waals surface area contributed by atoms with E-state index in [1.54, 1.807) is 7.11 Å². The molecule has 1 aliphatic rings. The maximum Gasteiger partial charge on any atom is 0.248 e. The Kier molecular flexibility index (Phi) is 6.21. The average Bonchev–Trinajstić information content (AvgIpc) is 2.49. The number of nitrogens with zero attached hydrogens (tertiary/aromatic N) is 1. The van der Waals surface area contributed by atoms with E-state index >= 15 is 0 Å². The van der Waals surface area contributed by atoms with Crippen molar-refractivity contribution in [1.82, 2.24) is 10.2 Å². The summed E-state index contributed by atoms with van der Waals surface area (Å²) in [5.74, 6) is 0.0944. The second-order valence-electron chi connectivity index (χ2n) is 5.53. The molecule has 0 aromatic heterocycles. The number of hydrogen-bond acceptors (Lipinski definition) is 3. The number of benzene rings is 1. The SMILES string of the molecule is COCC(=O)N1CCC(NC(C)c2ccc(Br)cc2)CC1. The highest BCUT2D eigenvalue weighted by atomic mass is 79.9. The summed E-state index contributed by atoms with van der Waals surface area (Å²) in [5, 5.41) is 3.66. The molecule has 0 bridgehead atoms. The Morgan fingerprint density at radius 3 is 2.57 bits per heavy atom. The molecule has 1 aromatic carbocycles. The van der Waals surface area contributed by atoms with Gasteiger partial charge < -0.3 is 15.0 Å². The van der Waals surface area contributed by atoms with E-state index in [0.29, 0.717) is 12.1 Å². The first-order valence-corrected chi connectivity index (χ1v) is 8.17. The lowest BCUT2D eigenvalue weighted by Crippen LogP contribution is -2.46. The fourth-order valence-corrected chi connectivity index (χ4v) is 2.98. The maximum absolute atomic E-state index is 11.8. The molecule has 1 unspecified atom stereocenters. The monoisotopic (exact) mass is 354 g/mol. The van der Waals surface area contributed by atoms with Gasteiger partial charge in [0, 0.05) is 36.8 Å². The van der Waals surface area contributed by atoms with Crippen molar-refractivity contribution in [3.63, 3.8) is 0 Å². The summed E-state index contributed by atoms with van der Waals surface area (Å²) >= 11 is 3.46. The van der Waals surface area contributed by atoms with Crippen LogP contribution >= 0.6 is 15.9 Å². The van der Waals surface area contributed by atoms with E-state index in [2.05, 4.69) is 52.4 Å². The number of likely N-dealkylation sites (tertiary alicyclic amines) is 1. The van der Waals surface area contributed by atoms with Crippen LogP contribution in [0.1, 0.15) is 31.4 Å². The van der Waals surface area contributed by atoms with Gasteiger partial charge in [-0.25, -0.2) is 0 Å². The molecule has 0 spiro atoms. The zero-order valence-corrected chi connectivity index (χ0v) is 14.2. The molecule has 4 nitrogen and oxygen atoms in total. The first kappa shape index (κ1) is 16.5. The minimum atomic E-state index is 0.0944. The van der Waals surface area contributed by atoms with Crippen LogP contribution in [0.3, 0.4) is 0 Å². The highest BCUT2D eigenvalue weighted by Gasteiger charge is 2.23. The van der Waals surface area contributed by atoms with E-state index < -0.39 is 0 Å². The van der Waals surface area contributed by atoms with E-state index in [-0.39, 0.29) is 12.5 Å². The van der Waals surface area contributed by atoms with Crippen LogP contribution in [-0.4, -0.2) is 43.7 Å². The molecular weight excluding hydrogens is 332 g/mol. The van der Waals surface area contributed by atoms with Gasteiger partial charge in [-0.2, -0.15) is 0 Å². The molecule has 1 heterocycles. The summed E-state index contributed by atoms with van der Waals surface area (Å²) in [4.78, 5) is 13.7. The molecule has 1 aliphatic heterocycles. The Hall–Kier alpha value is -0.910. The van der Waals surface area contributed by atoms with Gasteiger partial charge in [0.1, 0.15) is 6.61 Å². The third-order valence-corrected chi connectivity index (χ3v) is 4.50. The van der Waals surface area contributed by atoms with Crippen LogP contribution in [0.5, 0.6) is 0 Å². The molecule has 116 valence electrons. The lowest BCUT2D eigenvalue weighted by molar-refractivity contribution is -0.136. The number of ether oxygens (including phenoxy) is 1. The normalized spacial score (nSPS) is 17.8. The Balaban J connectivity index is 1.80. The molecule has 1 aromatic rings. The van der Waals surface area contributed by atoms with Crippen LogP contribution < -0.4 is 5.32 Å². The first-order valence-electron chi connectivity index (χ1n) is 7.38. The van der Waals surface area contributed by atoms with Crippen molar-refractivity contribution in [3.05, 3.63) is 34.3 Å². The predicted molar refractivity (Wildman–Crippen MR) is 87.2 cm³/mol. The summed E-state index contributed by atoms with van der Waals surface area (Å²) in [6.07, 6.45) is 1.99. The summed E-state index contributed by atoms with van der Waals surface area (Å²) in [6.45, 7) is 4.00. The van der Waals surface area contributed by atoms with Crippen LogP contribution in [0, 0.1) is 0 Å². The zero-order chi connectivity index (χ0) is 15.2. The van der Waals surface area contributed by atoms with E-state index in [1.807, 2.05) is 4.90 Å². The van der Waals surface area contributed by atoms with Gasteiger partial charge in [-0.05, 0) is 37.5 Å². The highest BCUT2D eigenvalue weighted by molar-refractivity contribution is 9.10. The van der Waals surface area contributed by atoms with Crippen LogP contribution in [-0.2, 0) is 9.53 Å². The van der Waals surface area contributed by atoms with Crippen LogP contribution in [0.4, 0.5) is 0 Å². The molecule has 5 heteroatoms. The van der Waals surface area contributed by atoms with Crippen LogP contribution in [0.2, 0.25) is 0 Å². The number of hydrogen-bond donors (Lipinski definition) is 1. The Labute approximate surface area is 135 Å². The summed E-state index contributed by atoms with van der Waals surface area (Å²) in [7, 11) is 1.56. The van der Waals surface area contributed by atoms with Crippen LogP contribution in [0.25, 0.3) is 0 Å². The fourth-order valence-electron chi connectivity index (χ4n) is 2.71. The topological polar surface area (TPSA) is 41.6 Å². The number of halogens is 1. The van der Waals surface area contributed by atoms with Gasteiger partial charge in [0.25, 0.3) is 0 Å². The first-order chi connectivity index (χ1) is 10.1. The summed E-state index contributed by atoms with van der Waals surface area (Å²) in [5.41, 5.74) is 1.29. The molecule has 0 radical (unpaired) electrons. The van der Waals surface area contributed by atoms with Gasteiger partial charge in [0.15, 0.2) is 0 Å². The maximum atomic E-state index is 11.8. The van der Waals surface area contributed by atoms with Gasteiger partial charge in [0.2, 0.25) is 5.91 Å². The number of carbonyl (C=O) groups excluding carboxylic acids is 1. The van der Waals surface area contributed by atoms with Crippen molar-refractivity contribution >= 4 is 21.8 Å². The largest absolute Gasteiger partial charge is 0.375 e. The van der Waals surface area contributed by atoms with E-state index in [1.165, 1.54) is 5.56 Å². The average molecular weight is 355 g/mol. The Morgan fingerprint density at radius 1 is 1.38 bits per heavy atom. The molecule has 0 saturated carbocycles.